The zero-order valence-electron chi connectivity index (χ0n) is 13.4. The molecule has 0 amide bonds. The standard InChI is InChI=1S/C17H24O5/c1-10-5-4-6-13(9-21-12(3)18)8-14(19)16-11(2)17(20)22-15(16)7-10/h6-7,11,14-16,19H,4-5,8-9H2,1-3H3/b10-7+,13-6+/t11-,14+,15?,16?/m0/s1. The first-order chi connectivity index (χ1) is 10.4. The lowest BCUT2D eigenvalue weighted by Gasteiger charge is -2.25. The van der Waals surface area contributed by atoms with Crippen LogP contribution in [-0.2, 0) is 19.1 Å². The number of rotatable bonds is 2. The fraction of sp³-hybridized carbons (Fsp3) is 0.647. The van der Waals surface area contributed by atoms with Gasteiger partial charge >= 0.3 is 11.9 Å². The third-order valence-corrected chi connectivity index (χ3v) is 4.38. The van der Waals surface area contributed by atoms with Gasteiger partial charge in [0.1, 0.15) is 12.7 Å². The molecule has 0 aromatic heterocycles. The van der Waals surface area contributed by atoms with Crippen molar-refractivity contribution in [2.45, 2.75) is 52.2 Å². The Morgan fingerprint density at radius 1 is 1.50 bits per heavy atom. The van der Waals surface area contributed by atoms with Crippen LogP contribution < -0.4 is 0 Å². The average molecular weight is 308 g/mol. The van der Waals surface area contributed by atoms with Crippen LogP contribution in [0.5, 0.6) is 0 Å². The van der Waals surface area contributed by atoms with E-state index >= 15 is 0 Å². The summed E-state index contributed by atoms with van der Waals surface area (Å²) in [4.78, 5) is 22.8. The van der Waals surface area contributed by atoms with E-state index in [4.69, 9.17) is 9.47 Å². The van der Waals surface area contributed by atoms with Crippen LogP contribution in [0.15, 0.2) is 23.3 Å². The molecule has 1 heterocycles. The summed E-state index contributed by atoms with van der Waals surface area (Å²) in [6, 6.07) is 0. The average Bonchev–Trinajstić information content (AvgIpc) is 2.70. The molecular weight excluding hydrogens is 284 g/mol. The van der Waals surface area contributed by atoms with Gasteiger partial charge in [-0.1, -0.05) is 18.6 Å². The second kappa shape index (κ2) is 7.09. The first kappa shape index (κ1) is 16.7. The van der Waals surface area contributed by atoms with Crippen LogP contribution in [-0.4, -0.2) is 35.9 Å². The summed E-state index contributed by atoms with van der Waals surface area (Å²) in [5, 5.41) is 10.6. The second-order valence-corrected chi connectivity index (χ2v) is 6.23. The van der Waals surface area contributed by atoms with Crippen LogP contribution in [0.3, 0.4) is 0 Å². The Balaban J connectivity index is 2.20. The minimum atomic E-state index is -0.699. The van der Waals surface area contributed by atoms with Crippen LogP contribution in [0.25, 0.3) is 0 Å². The molecule has 0 bridgehead atoms. The highest BCUT2D eigenvalue weighted by Crippen LogP contribution is 2.35. The minimum Gasteiger partial charge on any atom is -0.461 e. The van der Waals surface area contributed by atoms with Crippen molar-refractivity contribution in [1.29, 1.82) is 0 Å². The maximum absolute atomic E-state index is 11.8. The molecule has 1 fully saturated rings. The highest BCUT2D eigenvalue weighted by Gasteiger charge is 2.44. The summed E-state index contributed by atoms with van der Waals surface area (Å²) in [6.45, 7) is 5.35. The molecule has 0 aromatic carbocycles. The van der Waals surface area contributed by atoms with E-state index in [0.29, 0.717) is 6.42 Å². The Kier molecular flexibility index (Phi) is 5.40. The molecule has 0 radical (unpaired) electrons. The molecule has 1 N–H and O–H groups in total. The van der Waals surface area contributed by atoms with Gasteiger partial charge in [0.05, 0.1) is 12.0 Å². The molecule has 0 saturated carbocycles. The second-order valence-electron chi connectivity index (χ2n) is 6.23. The first-order valence-corrected chi connectivity index (χ1v) is 7.75. The van der Waals surface area contributed by atoms with Gasteiger partial charge in [0.25, 0.3) is 0 Å². The molecule has 122 valence electrons. The summed E-state index contributed by atoms with van der Waals surface area (Å²) in [5.74, 6) is -1.20. The molecule has 1 saturated heterocycles. The van der Waals surface area contributed by atoms with Gasteiger partial charge in [0, 0.05) is 12.8 Å². The SMILES string of the molecule is CC(=O)OC/C1=C/CC/C(C)=C/C2OC(=O)[C@@H](C)C2[C@H](O)C1. The zero-order valence-corrected chi connectivity index (χ0v) is 13.4. The number of aliphatic hydroxyl groups is 1. The van der Waals surface area contributed by atoms with Crippen LogP contribution >= 0.6 is 0 Å². The largest absolute Gasteiger partial charge is 0.461 e. The molecule has 2 aliphatic rings. The van der Waals surface area contributed by atoms with Gasteiger partial charge in [0.2, 0.25) is 0 Å². The lowest BCUT2D eigenvalue weighted by molar-refractivity contribution is -0.142. The number of carbonyl (C=O) groups is 2. The summed E-state index contributed by atoms with van der Waals surface area (Å²) in [6.07, 6.45) is 4.97. The topological polar surface area (TPSA) is 72.8 Å². The van der Waals surface area contributed by atoms with Gasteiger partial charge in [-0.15, -0.1) is 0 Å². The smallest absolute Gasteiger partial charge is 0.309 e. The van der Waals surface area contributed by atoms with E-state index in [0.717, 1.165) is 24.0 Å². The lowest BCUT2D eigenvalue weighted by Crippen LogP contribution is -2.32. The number of hydrogen-bond donors (Lipinski definition) is 1. The van der Waals surface area contributed by atoms with Crippen molar-refractivity contribution >= 4 is 11.9 Å². The number of allylic oxidation sites excluding steroid dienone is 2. The van der Waals surface area contributed by atoms with E-state index in [1.807, 2.05) is 19.1 Å². The third kappa shape index (κ3) is 3.97. The molecule has 1 aliphatic heterocycles. The maximum atomic E-state index is 11.8. The molecule has 1 aliphatic carbocycles. The molecule has 5 heteroatoms. The van der Waals surface area contributed by atoms with Gasteiger partial charge in [-0.05, 0) is 37.8 Å². The van der Waals surface area contributed by atoms with E-state index in [1.165, 1.54) is 6.92 Å². The Bertz CT molecular complexity index is 505. The van der Waals surface area contributed by atoms with Crippen molar-refractivity contribution < 1.29 is 24.2 Å². The van der Waals surface area contributed by atoms with Crippen molar-refractivity contribution in [2.75, 3.05) is 6.61 Å². The predicted octanol–water partition coefficient (Wildman–Crippen LogP) is 2.14. The van der Waals surface area contributed by atoms with Crippen LogP contribution in [0.1, 0.15) is 40.0 Å². The summed E-state index contributed by atoms with van der Waals surface area (Å²) < 4.78 is 10.5. The van der Waals surface area contributed by atoms with E-state index in [2.05, 4.69) is 0 Å². The molecule has 2 rings (SSSR count). The van der Waals surface area contributed by atoms with Crippen molar-refractivity contribution in [3.63, 3.8) is 0 Å². The highest BCUT2D eigenvalue weighted by molar-refractivity contribution is 5.75. The zero-order chi connectivity index (χ0) is 16.3. The molecule has 4 atom stereocenters. The predicted molar refractivity (Wildman–Crippen MR) is 80.9 cm³/mol. The Labute approximate surface area is 131 Å². The Hall–Kier alpha value is -1.62. The van der Waals surface area contributed by atoms with Crippen LogP contribution in [0, 0.1) is 11.8 Å². The van der Waals surface area contributed by atoms with Crippen molar-refractivity contribution in [2.24, 2.45) is 11.8 Å². The van der Waals surface area contributed by atoms with Crippen LogP contribution in [0.4, 0.5) is 0 Å². The van der Waals surface area contributed by atoms with E-state index in [9.17, 15) is 14.7 Å². The van der Waals surface area contributed by atoms with Gasteiger partial charge in [0.15, 0.2) is 0 Å². The number of ether oxygens (including phenoxy) is 2. The number of carbonyl (C=O) groups excluding carboxylic acids is 2. The van der Waals surface area contributed by atoms with Crippen LogP contribution in [0.2, 0.25) is 0 Å². The summed E-state index contributed by atoms with van der Waals surface area (Å²) in [7, 11) is 0. The fourth-order valence-electron chi connectivity index (χ4n) is 3.13. The number of aliphatic hydroxyl groups excluding tert-OH is 1. The normalized spacial score (nSPS) is 37.2. The van der Waals surface area contributed by atoms with Crippen molar-refractivity contribution in [3.8, 4) is 0 Å². The van der Waals surface area contributed by atoms with Crippen molar-refractivity contribution in [3.05, 3.63) is 23.3 Å². The molecular formula is C17H24O5. The Morgan fingerprint density at radius 3 is 2.91 bits per heavy atom. The molecule has 0 aromatic rings. The number of esters is 2. The number of hydrogen-bond acceptors (Lipinski definition) is 5. The fourth-order valence-corrected chi connectivity index (χ4v) is 3.13. The number of fused-ring (bicyclic) bond motifs is 1. The van der Waals surface area contributed by atoms with E-state index in [-0.39, 0.29) is 36.5 Å². The van der Waals surface area contributed by atoms with E-state index in [1.54, 1.807) is 6.92 Å². The monoisotopic (exact) mass is 308 g/mol. The molecule has 2 unspecified atom stereocenters. The Morgan fingerprint density at radius 2 is 2.23 bits per heavy atom. The van der Waals surface area contributed by atoms with Crippen molar-refractivity contribution in [1.82, 2.24) is 0 Å². The van der Waals surface area contributed by atoms with Gasteiger partial charge in [-0.3, -0.25) is 9.59 Å². The van der Waals surface area contributed by atoms with Gasteiger partial charge < -0.3 is 14.6 Å². The molecule has 22 heavy (non-hydrogen) atoms. The van der Waals surface area contributed by atoms with Gasteiger partial charge in [-0.25, -0.2) is 0 Å². The minimum absolute atomic E-state index is 0.190. The first-order valence-electron chi connectivity index (χ1n) is 7.75. The quantitative estimate of drug-likeness (QED) is 0.625. The van der Waals surface area contributed by atoms with E-state index < -0.39 is 6.10 Å². The summed E-state index contributed by atoms with van der Waals surface area (Å²) >= 11 is 0. The third-order valence-electron chi connectivity index (χ3n) is 4.38. The highest BCUT2D eigenvalue weighted by atomic mass is 16.6. The maximum Gasteiger partial charge on any atom is 0.309 e. The van der Waals surface area contributed by atoms with Gasteiger partial charge in [-0.2, -0.15) is 0 Å². The summed E-state index contributed by atoms with van der Waals surface area (Å²) in [5.41, 5.74) is 2.02. The lowest BCUT2D eigenvalue weighted by atomic mass is 9.82. The molecule has 0 spiro atoms. The molecule has 5 nitrogen and oxygen atoms in total.